The molecule has 0 unspecified atom stereocenters. The lowest BCUT2D eigenvalue weighted by molar-refractivity contribution is 0.0951. The number of rotatable bonds is 6. The Morgan fingerprint density at radius 3 is 2.52 bits per heavy atom. The van der Waals surface area contributed by atoms with Gasteiger partial charge in [0.05, 0.1) is 4.90 Å². The minimum atomic E-state index is -3.55. The molecule has 6 nitrogen and oxygen atoms in total. The molecule has 0 bridgehead atoms. The number of hydrogen-bond donors (Lipinski definition) is 2. The van der Waals surface area contributed by atoms with Crippen LogP contribution in [-0.2, 0) is 10.0 Å². The number of hydrogen-bond acceptors (Lipinski definition) is 4. The average molecular weight is 340 g/mol. The summed E-state index contributed by atoms with van der Waals surface area (Å²) in [6, 6.07) is 6.14. The molecule has 0 aliphatic carbocycles. The molecule has 0 radical (unpaired) electrons. The van der Waals surface area contributed by atoms with E-state index in [0.717, 1.165) is 25.7 Å². The fraction of sp³-hybridized carbons (Fsp3) is 0.562. The van der Waals surface area contributed by atoms with Crippen LogP contribution in [0.15, 0.2) is 29.2 Å². The highest BCUT2D eigenvalue weighted by molar-refractivity contribution is 7.89. The third kappa shape index (κ3) is 4.76. The molecule has 0 spiro atoms. The standard InChI is InChI=1S/C16H24N2O4S/c19-12-6-9-17-16(20)14-7-5-8-15(13-14)23(21,22)18-10-3-1-2-4-11-18/h5,7-8,13,19H,1-4,6,9-12H2,(H,17,20). The molecule has 1 saturated heterocycles. The lowest BCUT2D eigenvalue weighted by atomic mass is 10.2. The summed E-state index contributed by atoms with van der Waals surface area (Å²) in [5.74, 6) is -0.327. The number of aliphatic hydroxyl groups excluding tert-OH is 1. The van der Waals surface area contributed by atoms with Crippen LogP contribution in [0.3, 0.4) is 0 Å². The SMILES string of the molecule is O=C(NCCCO)c1cccc(S(=O)(=O)N2CCCCCC2)c1. The van der Waals surface area contributed by atoms with Crippen LogP contribution in [-0.4, -0.2) is 50.0 Å². The summed E-state index contributed by atoms with van der Waals surface area (Å²) in [5.41, 5.74) is 0.318. The van der Waals surface area contributed by atoms with E-state index < -0.39 is 10.0 Å². The fourth-order valence-corrected chi connectivity index (χ4v) is 4.18. The fourth-order valence-electron chi connectivity index (χ4n) is 2.61. The highest BCUT2D eigenvalue weighted by Gasteiger charge is 2.25. The van der Waals surface area contributed by atoms with Crippen molar-refractivity contribution in [1.29, 1.82) is 0 Å². The Balaban J connectivity index is 2.15. The average Bonchev–Trinajstić information content (AvgIpc) is 2.85. The molecule has 7 heteroatoms. The second-order valence-corrected chi connectivity index (χ2v) is 7.62. The lowest BCUT2D eigenvalue weighted by Gasteiger charge is -2.20. The van der Waals surface area contributed by atoms with Crippen molar-refractivity contribution in [3.63, 3.8) is 0 Å². The maximum atomic E-state index is 12.7. The Morgan fingerprint density at radius 2 is 1.87 bits per heavy atom. The molecule has 0 aromatic heterocycles. The largest absolute Gasteiger partial charge is 0.396 e. The van der Waals surface area contributed by atoms with E-state index in [0.29, 0.717) is 31.6 Å². The van der Waals surface area contributed by atoms with Gasteiger partial charge in [0.1, 0.15) is 0 Å². The van der Waals surface area contributed by atoms with Crippen LogP contribution < -0.4 is 5.32 Å². The van der Waals surface area contributed by atoms with Crippen molar-refractivity contribution < 1.29 is 18.3 Å². The van der Waals surface area contributed by atoms with Gasteiger partial charge in [-0.3, -0.25) is 4.79 Å². The molecule has 128 valence electrons. The Hall–Kier alpha value is -1.44. The van der Waals surface area contributed by atoms with Gasteiger partial charge >= 0.3 is 0 Å². The molecule has 1 amide bonds. The van der Waals surface area contributed by atoms with Gasteiger partial charge in [0.25, 0.3) is 5.91 Å². The molecule has 2 N–H and O–H groups in total. The van der Waals surface area contributed by atoms with Crippen LogP contribution in [0.2, 0.25) is 0 Å². The zero-order valence-electron chi connectivity index (χ0n) is 13.2. The first kappa shape index (κ1) is 17.9. The van der Waals surface area contributed by atoms with Gasteiger partial charge in [-0.25, -0.2) is 8.42 Å². The molecule has 1 aromatic carbocycles. The Bertz CT molecular complexity index is 623. The smallest absolute Gasteiger partial charge is 0.251 e. The van der Waals surface area contributed by atoms with Crippen LogP contribution in [0, 0.1) is 0 Å². The normalized spacial score (nSPS) is 16.7. The minimum absolute atomic E-state index is 0.00363. The van der Waals surface area contributed by atoms with Crippen molar-refractivity contribution in [1.82, 2.24) is 9.62 Å². The van der Waals surface area contributed by atoms with E-state index >= 15 is 0 Å². The van der Waals surface area contributed by atoms with Gasteiger partial charge in [0.2, 0.25) is 10.0 Å². The second kappa shape index (κ2) is 8.42. The van der Waals surface area contributed by atoms with Crippen molar-refractivity contribution in [3.05, 3.63) is 29.8 Å². The van der Waals surface area contributed by atoms with Crippen LogP contribution in [0.4, 0.5) is 0 Å². The monoisotopic (exact) mass is 340 g/mol. The summed E-state index contributed by atoms with van der Waals surface area (Å²) in [6.45, 7) is 1.44. The van der Waals surface area contributed by atoms with Crippen molar-refractivity contribution in [2.75, 3.05) is 26.2 Å². The number of nitrogens with one attached hydrogen (secondary N) is 1. The molecule has 1 aliphatic heterocycles. The van der Waals surface area contributed by atoms with E-state index in [1.165, 1.54) is 16.4 Å². The Kier molecular flexibility index (Phi) is 6.56. The van der Waals surface area contributed by atoms with Gasteiger partial charge in [-0.15, -0.1) is 0 Å². The zero-order chi connectivity index (χ0) is 16.7. The van der Waals surface area contributed by atoms with Gasteiger partial charge in [-0.05, 0) is 37.5 Å². The molecular formula is C16H24N2O4S. The van der Waals surface area contributed by atoms with Gasteiger partial charge in [-0.1, -0.05) is 18.9 Å². The molecule has 1 aromatic rings. The zero-order valence-corrected chi connectivity index (χ0v) is 14.0. The highest BCUT2D eigenvalue weighted by atomic mass is 32.2. The number of carbonyl (C=O) groups excluding carboxylic acids is 1. The van der Waals surface area contributed by atoms with Crippen molar-refractivity contribution >= 4 is 15.9 Å². The van der Waals surface area contributed by atoms with Crippen molar-refractivity contribution in [2.45, 2.75) is 37.0 Å². The summed E-state index contributed by atoms with van der Waals surface area (Å²) in [6.07, 6.45) is 4.33. The maximum absolute atomic E-state index is 12.7. The quantitative estimate of drug-likeness (QED) is 0.766. The third-order valence-electron chi connectivity index (χ3n) is 3.92. The Labute approximate surface area is 137 Å². The maximum Gasteiger partial charge on any atom is 0.251 e. The number of nitrogens with zero attached hydrogens (tertiary/aromatic N) is 1. The van der Waals surface area contributed by atoms with E-state index in [-0.39, 0.29) is 17.4 Å². The lowest BCUT2D eigenvalue weighted by Crippen LogP contribution is -2.32. The minimum Gasteiger partial charge on any atom is -0.396 e. The van der Waals surface area contributed by atoms with Gasteiger partial charge in [-0.2, -0.15) is 4.31 Å². The van der Waals surface area contributed by atoms with E-state index in [2.05, 4.69) is 5.32 Å². The molecule has 23 heavy (non-hydrogen) atoms. The summed E-state index contributed by atoms with van der Waals surface area (Å²) in [4.78, 5) is 12.2. The predicted molar refractivity (Wildman–Crippen MR) is 87.7 cm³/mol. The first-order valence-corrected chi connectivity index (χ1v) is 9.49. The highest BCUT2D eigenvalue weighted by Crippen LogP contribution is 2.21. The van der Waals surface area contributed by atoms with Gasteiger partial charge in [0.15, 0.2) is 0 Å². The second-order valence-electron chi connectivity index (χ2n) is 5.68. The van der Waals surface area contributed by atoms with Crippen LogP contribution in [0.25, 0.3) is 0 Å². The summed E-state index contributed by atoms with van der Waals surface area (Å²) < 4.78 is 27.0. The van der Waals surface area contributed by atoms with Gasteiger partial charge in [0, 0.05) is 31.8 Å². The molecule has 1 heterocycles. The molecule has 1 aliphatic rings. The van der Waals surface area contributed by atoms with E-state index in [1.54, 1.807) is 12.1 Å². The number of aliphatic hydroxyl groups is 1. The van der Waals surface area contributed by atoms with Gasteiger partial charge < -0.3 is 10.4 Å². The number of carbonyl (C=O) groups is 1. The third-order valence-corrected chi connectivity index (χ3v) is 5.81. The number of amides is 1. The predicted octanol–water partition coefficient (Wildman–Crippen LogP) is 1.36. The van der Waals surface area contributed by atoms with Crippen molar-refractivity contribution in [2.24, 2.45) is 0 Å². The topological polar surface area (TPSA) is 86.7 Å². The number of sulfonamides is 1. The van der Waals surface area contributed by atoms with Crippen LogP contribution >= 0.6 is 0 Å². The number of benzene rings is 1. The van der Waals surface area contributed by atoms with Crippen molar-refractivity contribution in [3.8, 4) is 0 Å². The molecule has 1 fully saturated rings. The summed E-state index contributed by atoms with van der Waals surface area (Å²) >= 11 is 0. The molecular weight excluding hydrogens is 316 g/mol. The van der Waals surface area contributed by atoms with E-state index in [1.807, 2.05) is 0 Å². The van der Waals surface area contributed by atoms with Crippen LogP contribution in [0.1, 0.15) is 42.5 Å². The molecule has 0 atom stereocenters. The van der Waals surface area contributed by atoms with E-state index in [9.17, 15) is 13.2 Å². The first-order valence-electron chi connectivity index (χ1n) is 8.05. The molecule has 0 saturated carbocycles. The molecule has 2 rings (SSSR count). The van der Waals surface area contributed by atoms with Crippen LogP contribution in [0.5, 0.6) is 0 Å². The Morgan fingerprint density at radius 1 is 1.17 bits per heavy atom. The summed E-state index contributed by atoms with van der Waals surface area (Å²) in [5, 5.41) is 11.4. The first-order chi connectivity index (χ1) is 11.1. The van der Waals surface area contributed by atoms with E-state index in [4.69, 9.17) is 5.11 Å². The summed E-state index contributed by atoms with van der Waals surface area (Å²) in [7, 11) is -3.55.